The van der Waals surface area contributed by atoms with Gasteiger partial charge in [0.05, 0.1) is 18.0 Å². The smallest absolute Gasteiger partial charge is 0.416 e. The summed E-state index contributed by atoms with van der Waals surface area (Å²) in [5, 5.41) is 8.62. The van der Waals surface area contributed by atoms with E-state index in [1.807, 2.05) is 0 Å². The Morgan fingerprint density at radius 1 is 1.20 bits per heavy atom. The molecular formula is C12H7F3N2O3. The Kier molecular flexibility index (Phi) is 3.55. The molecule has 104 valence electrons. The number of nitrogens with zero attached hydrogens (tertiary/aromatic N) is 2. The first-order valence-electron chi connectivity index (χ1n) is 5.27. The van der Waals surface area contributed by atoms with E-state index >= 15 is 0 Å². The molecule has 1 heterocycles. The van der Waals surface area contributed by atoms with Crippen LogP contribution in [-0.2, 0) is 6.18 Å². The molecule has 0 fully saturated rings. The number of hydrogen-bond donors (Lipinski definition) is 1. The zero-order valence-corrected chi connectivity index (χ0v) is 9.76. The van der Waals surface area contributed by atoms with E-state index < -0.39 is 17.7 Å². The molecule has 8 heteroatoms. The highest BCUT2D eigenvalue weighted by atomic mass is 19.4. The second kappa shape index (κ2) is 5.16. The summed E-state index contributed by atoms with van der Waals surface area (Å²) in [6, 6.07) is 4.23. The number of benzene rings is 1. The first-order chi connectivity index (χ1) is 9.36. The Hall–Kier alpha value is -2.64. The van der Waals surface area contributed by atoms with Gasteiger partial charge in [0.25, 0.3) is 0 Å². The lowest BCUT2D eigenvalue weighted by Gasteiger charge is -2.09. The minimum atomic E-state index is -4.47. The van der Waals surface area contributed by atoms with Crippen molar-refractivity contribution in [2.45, 2.75) is 6.18 Å². The largest absolute Gasteiger partial charge is 0.476 e. The predicted molar refractivity (Wildman–Crippen MR) is 60.5 cm³/mol. The Morgan fingerprint density at radius 3 is 2.50 bits per heavy atom. The van der Waals surface area contributed by atoms with Gasteiger partial charge in [-0.3, -0.25) is 0 Å². The van der Waals surface area contributed by atoms with E-state index in [0.717, 1.165) is 24.5 Å². The third kappa shape index (κ3) is 3.22. The van der Waals surface area contributed by atoms with Crippen LogP contribution < -0.4 is 4.74 Å². The summed E-state index contributed by atoms with van der Waals surface area (Å²) in [6.07, 6.45) is -2.51. The summed E-state index contributed by atoms with van der Waals surface area (Å²) in [6.45, 7) is 0. The number of hydrogen-bond acceptors (Lipinski definition) is 4. The quantitative estimate of drug-likeness (QED) is 0.938. The first-order valence-corrected chi connectivity index (χ1v) is 5.27. The fraction of sp³-hybridized carbons (Fsp3) is 0.0833. The molecule has 0 radical (unpaired) electrons. The van der Waals surface area contributed by atoms with Crippen LogP contribution >= 0.6 is 0 Å². The van der Waals surface area contributed by atoms with E-state index in [9.17, 15) is 18.0 Å². The highest BCUT2D eigenvalue weighted by molar-refractivity contribution is 5.84. The number of carboxylic acid groups (broad SMARTS) is 1. The van der Waals surface area contributed by atoms with Crippen molar-refractivity contribution in [2.24, 2.45) is 0 Å². The molecule has 0 aliphatic heterocycles. The minimum Gasteiger partial charge on any atom is -0.476 e. The molecule has 1 aromatic carbocycles. The number of aromatic carboxylic acids is 1. The fourth-order valence-corrected chi connectivity index (χ4v) is 1.34. The maximum atomic E-state index is 12.5. The molecule has 0 aliphatic carbocycles. The summed E-state index contributed by atoms with van der Waals surface area (Å²) in [5.74, 6) is -1.44. The Morgan fingerprint density at radius 2 is 1.95 bits per heavy atom. The lowest BCUT2D eigenvalue weighted by atomic mass is 10.2. The summed E-state index contributed by atoms with van der Waals surface area (Å²) in [5.41, 5.74) is -1.15. The average Bonchev–Trinajstić information content (AvgIpc) is 2.38. The van der Waals surface area contributed by atoms with E-state index in [4.69, 9.17) is 9.84 Å². The van der Waals surface area contributed by atoms with Gasteiger partial charge in [-0.1, -0.05) is 6.07 Å². The summed E-state index contributed by atoms with van der Waals surface area (Å²) in [7, 11) is 0. The molecule has 0 spiro atoms. The normalized spacial score (nSPS) is 11.2. The topological polar surface area (TPSA) is 72.3 Å². The molecular weight excluding hydrogens is 277 g/mol. The average molecular weight is 284 g/mol. The molecule has 2 aromatic rings. The van der Waals surface area contributed by atoms with Gasteiger partial charge in [-0.25, -0.2) is 14.8 Å². The van der Waals surface area contributed by atoms with Gasteiger partial charge in [-0.15, -0.1) is 0 Å². The Balaban J connectivity index is 2.20. The molecule has 0 saturated carbocycles. The molecule has 20 heavy (non-hydrogen) atoms. The Labute approximate surface area is 110 Å². The molecule has 0 unspecified atom stereocenters. The molecule has 5 nitrogen and oxygen atoms in total. The number of rotatable bonds is 3. The van der Waals surface area contributed by atoms with Crippen molar-refractivity contribution in [3.8, 4) is 11.6 Å². The predicted octanol–water partition coefficient (Wildman–Crippen LogP) is 2.99. The highest BCUT2D eigenvalue weighted by Crippen LogP contribution is 2.32. The Bertz CT molecular complexity index is 627. The van der Waals surface area contributed by atoms with Crippen molar-refractivity contribution in [3.05, 3.63) is 47.9 Å². The van der Waals surface area contributed by atoms with Gasteiger partial charge >= 0.3 is 12.1 Å². The zero-order chi connectivity index (χ0) is 14.8. The fourth-order valence-electron chi connectivity index (χ4n) is 1.34. The number of carboxylic acids is 1. The zero-order valence-electron chi connectivity index (χ0n) is 9.76. The maximum Gasteiger partial charge on any atom is 0.416 e. The van der Waals surface area contributed by atoms with E-state index in [0.29, 0.717) is 0 Å². The van der Waals surface area contributed by atoms with Crippen molar-refractivity contribution >= 4 is 5.97 Å². The van der Waals surface area contributed by atoms with Crippen LogP contribution in [0.25, 0.3) is 0 Å². The van der Waals surface area contributed by atoms with Crippen molar-refractivity contribution in [1.82, 2.24) is 9.97 Å². The van der Waals surface area contributed by atoms with Crippen molar-refractivity contribution in [2.75, 3.05) is 0 Å². The number of alkyl halides is 3. The number of carbonyl (C=O) groups is 1. The van der Waals surface area contributed by atoms with E-state index in [1.54, 1.807) is 0 Å². The van der Waals surface area contributed by atoms with Gasteiger partial charge in [0, 0.05) is 0 Å². The lowest BCUT2D eigenvalue weighted by molar-refractivity contribution is -0.137. The van der Waals surface area contributed by atoms with Gasteiger partial charge in [-0.05, 0) is 18.2 Å². The SMILES string of the molecule is O=C(O)c1cnc(Oc2cccc(C(F)(F)F)c2)cn1. The standard InChI is InChI=1S/C12H7F3N2O3/c13-12(14,15)7-2-1-3-8(4-7)20-10-6-16-9(5-17-10)11(18)19/h1-6H,(H,18,19). The summed E-state index contributed by atoms with van der Waals surface area (Å²) >= 11 is 0. The van der Waals surface area contributed by atoms with Gasteiger partial charge in [0.2, 0.25) is 5.88 Å². The molecule has 1 aromatic heterocycles. The molecule has 0 bridgehead atoms. The van der Waals surface area contributed by atoms with Crippen LogP contribution in [0.15, 0.2) is 36.7 Å². The second-order valence-corrected chi connectivity index (χ2v) is 3.67. The lowest BCUT2D eigenvalue weighted by Crippen LogP contribution is -2.05. The molecule has 1 N–H and O–H groups in total. The van der Waals surface area contributed by atoms with Crippen LogP contribution in [0.4, 0.5) is 13.2 Å². The van der Waals surface area contributed by atoms with Gasteiger partial charge < -0.3 is 9.84 Å². The van der Waals surface area contributed by atoms with Crippen LogP contribution in [0.5, 0.6) is 11.6 Å². The van der Waals surface area contributed by atoms with Crippen molar-refractivity contribution in [3.63, 3.8) is 0 Å². The van der Waals surface area contributed by atoms with Gasteiger partial charge in [-0.2, -0.15) is 13.2 Å². The number of halogens is 3. The monoisotopic (exact) mass is 284 g/mol. The highest BCUT2D eigenvalue weighted by Gasteiger charge is 2.30. The number of ether oxygens (including phenoxy) is 1. The van der Waals surface area contributed by atoms with Gasteiger partial charge in [0.1, 0.15) is 5.75 Å². The van der Waals surface area contributed by atoms with Crippen LogP contribution in [0.2, 0.25) is 0 Å². The summed E-state index contributed by atoms with van der Waals surface area (Å²) < 4.78 is 42.6. The second-order valence-electron chi connectivity index (χ2n) is 3.67. The van der Waals surface area contributed by atoms with Crippen molar-refractivity contribution in [1.29, 1.82) is 0 Å². The molecule has 0 aliphatic rings. The minimum absolute atomic E-state index is 0.0720. The van der Waals surface area contributed by atoms with Gasteiger partial charge in [0.15, 0.2) is 5.69 Å². The molecule has 0 saturated heterocycles. The summed E-state index contributed by atoms with van der Waals surface area (Å²) in [4.78, 5) is 17.7. The maximum absolute atomic E-state index is 12.5. The molecule has 0 amide bonds. The number of aromatic nitrogens is 2. The van der Waals surface area contributed by atoms with E-state index in [-0.39, 0.29) is 17.3 Å². The molecule has 2 rings (SSSR count). The first kappa shape index (κ1) is 13.8. The van der Waals surface area contributed by atoms with E-state index in [1.165, 1.54) is 12.1 Å². The van der Waals surface area contributed by atoms with E-state index in [2.05, 4.69) is 9.97 Å². The van der Waals surface area contributed by atoms with Crippen LogP contribution in [0, 0.1) is 0 Å². The third-order valence-corrected chi connectivity index (χ3v) is 2.23. The van der Waals surface area contributed by atoms with Crippen molar-refractivity contribution < 1.29 is 27.8 Å². The third-order valence-electron chi connectivity index (χ3n) is 2.23. The van der Waals surface area contributed by atoms with Crippen LogP contribution in [0.1, 0.15) is 16.1 Å². The van der Waals surface area contributed by atoms with Crippen LogP contribution in [0.3, 0.4) is 0 Å². The van der Waals surface area contributed by atoms with Crippen LogP contribution in [-0.4, -0.2) is 21.0 Å². The molecule has 0 atom stereocenters.